The third-order valence-electron chi connectivity index (χ3n) is 5.14. The van der Waals surface area contributed by atoms with Crippen molar-refractivity contribution in [2.24, 2.45) is 0 Å². The number of aromatic nitrogens is 2. The van der Waals surface area contributed by atoms with Crippen LogP contribution in [0.15, 0.2) is 64.5 Å². The first-order valence-electron chi connectivity index (χ1n) is 10.3. The largest absolute Gasteiger partial charge is 0.435 e. The number of hydrogen-bond acceptors (Lipinski definition) is 6. The number of carbonyl (C=O) groups is 1. The van der Waals surface area contributed by atoms with Crippen LogP contribution in [0.1, 0.15) is 36.8 Å². The van der Waals surface area contributed by atoms with Gasteiger partial charge < -0.3 is 9.32 Å². The third-order valence-corrected chi connectivity index (χ3v) is 5.83. The SMILES string of the molecule is CN(C)c1ccc(-c2oc(-c3ccc(C(C)(C)C)cc3)nc2C(=O)Nc2nccs2)cc1. The van der Waals surface area contributed by atoms with Crippen molar-refractivity contribution in [3.05, 3.63) is 71.4 Å². The van der Waals surface area contributed by atoms with E-state index in [4.69, 9.17) is 4.42 Å². The molecule has 1 N–H and O–H groups in total. The molecule has 4 aromatic rings. The Labute approximate surface area is 192 Å². The van der Waals surface area contributed by atoms with Gasteiger partial charge in [-0.25, -0.2) is 9.97 Å². The van der Waals surface area contributed by atoms with Gasteiger partial charge in [0.2, 0.25) is 5.89 Å². The van der Waals surface area contributed by atoms with Crippen LogP contribution < -0.4 is 10.2 Å². The lowest BCUT2D eigenvalue weighted by Crippen LogP contribution is -2.13. The molecule has 0 saturated heterocycles. The van der Waals surface area contributed by atoms with Gasteiger partial charge in [0.25, 0.3) is 5.91 Å². The van der Waals surface area contributed by atoms with Crippen LogP contribution >= 0.6 is 11.3 Å². The van der Waals surface area contributed by atoms with E-state index in [1.54, 1.807) is 6.20 Å². The van der Waals surface area contributed by atoms with Gasteiger partial charge >= 0.3 is 0 Å². The minimum Gasteiger partial charge on any atom is -0.435 e. The van der Waals surface area contributed by atoms with E-state index in [-0.39, 0.29) is 17.0 Å². The second-order valence-electron chi connectivity index (χ2n) is 8.76. The molecule has 0 aliphatic rings. The van der Waals surface area contributed by atoms with E-state index < -0.39 is 0 Å². The fourth-order valence-electron chi connectivity index (χ4n) is 3.26. The Hall–Kier alpha value is -3.45. The maximum Gasteiger partial charge on any atom is 0.280 e. The van der Waals surface area contributed by atoms with E-state index in [1.165, 1.54) is 16.9 Å². The van der Waals surface area contributed by atoms with Gasteiger partial charge in [-0.2, -0.15) is 0 Å². The fourth-order valence-corrected chi connectivity index (χ4v) is 3.78. The molecule has 0 fully saturated rings. The zero-order valence-corrected chi connectivity index (χ0v) is 19.7. The Kier molecular flexibility index (Phi) is 5.84. The summed E-state index contributed by atoms with van der Waals surface area (Å²) in [5, 5.41) is 5.13. The van der Waals surface area contributed by atoms with Crippen molar-refractivity contribution in [3.8, 4) is 22.8 Å². The molecule has 0 radical (unpaired) electrons. The molecule has 2 aromatic carbocycles. The number of amides is 1. The molecule has 0 saturated carbocycles. The number of rotatable bonds is 5. The number of oxazole rings is 1. The number of thiazole rings is 1. The van der Waals surface area contributed by atoms with Crippen LogP contribution in [0.5, 0.6) is 0 Å². The molecule has 2 heterocycles. The summed E-state index contributed by atoms with van der Waals surface area (Å²) in [6.07, 6.45) is 1.65. The van der Waals surface area contributed by atoms with Gasteiger partial charge in [-0.15, -0.1) is 11.3 Å². The minimum atomic E-state index is -0.354. The number of anilines is 2. The molecule has 0 bridgehead atoms. The molecule has 0 atom stereocenters. The smallest absolute Gasteiger partial charge is 0.280 e. The van der Waals surface area contributed by atoms with Crippen molar-refractivity contribution in [1.29, 1.82) is 0 Å². The molecule has 7 heteroatoms. The van der Waals surface area contributed by atoms with E-state index >= 15 is 0 Å². The van der Waals surface area contributed by atoms with Crippen molar-refractivity contribution in [2.75, 3.05) is 24.3 Å². The van der Waals surface area contributed by atoms with Crippen LogP contribution in [0.4, 0.5) is 10.8 Å². The minimum absolute atomic E-state index is 0.0488. The van der Waals surface area contributed by atoms with Crippen molar-refractivity contribution in [2.45, 2.75) is 26.2 Å². The number of nitrogens with zero attached hydrogens (tertiary/aromatic N) is 3. The zero-order valence-electron chi connectivity index (χ0n) is 18.8. The van der Waals surface area contributed by atoms with Gasteiger partial charge in [-0.3, -0.25) is 10.1 Å². The average Bonchev–Trinajstić information content (AvgIpc) is 3.43. The topological polar surface area (TPSA) is 71.3 Å². The summed E-state index contributed by atoms with van der Waals surface area (Å²) in [4.78, 5) is 23.8. The summed E-state index contributed by atoms with van der Waals surface area (Å²) in [6.45, 7) is 6.51. The molecular weight excluding hydrogens is 420 g/mol. The lowest BCUT2D eigenvalue weighted by Gasteiger charge is -2.18. The third kappa shape index (κ3) is 4.57. The van der Waals surface area contributed by atoms with Crippen molar-refractivity contribution < 1.29 is 9.21 Å². The van der Waals surface area contributed by atoms with Crippen molar-refractivity contribution >= 4 is 28.1 Å². The van der Waals surface area contributed by atoms with Gasteiger partial charge in [0, 0.05) is 42.5 Å². The van der Waals surface area contributed by atoms with Gasteiger partial charge in [-0.05, 0) is 47.4 Å². The fraction of sp³-hybridized carbons (Fsp3) is 0.240. The van der Waals surface area contributed by atoms with E-state index in [1.807, 2.05) is 60.8 Å². The summed E-state index contributed by atoms with van der Waals surface area (Å²) in [7, 11) is 3.96. The molecular formula is C25H26N4O2S. The number of hydrogen-bond donors (Lipinski definition) is 1. The monoisotopic (exact) mass is 446 g/mol. The summed E-state index contributed by atoms with van der Waals surface area (Å²) in [5.41, 5.74) is 4.15. The van der Waals surface area contributed by atoms with Crippen LogP contribution in [0.3, 0.4) is 0 Å². The predicted molar refractivity (Wildman–Crippen MR) is 130 cm³/mol. The van der Waals surface area contributed by atoms with Gasteiger partial charge in [0.05, 0.1) is 0 Å². The Morgan fingerprint density at radius 1 is 1.00 bits per heavy atom. The molecule has 0 unspecified atom stereocenters. The highest BCUT2D eigenvalue weighted by molar-refractivity contribution is 7.13. The molecule has 0 spiro atoms. The van der Waals surface area contributed by atoms with E-state index in [2.05, 4.69) is 48.2 Å². The summed E-state index contributed by atoms with van der Waals surface area (Å²) >= 11 is 1.35. The quantitative estimate of drug-likeness (QED) is 0.402. The van der Waals surface area contributed by atoms with Gasteiger partial charge in [0.15, 0.2) is 16.6 Å². The summed E-state index contributed by atoms with van der Waals surface area (Å²) in [5.74, 6) is 0.480. The Balaban J connectivity index is 1.74. The Bertz CT molecular complexity index is 1200. The highest BCUT2D eigenvalue weighted by Crippen LogP contribution is 2.33. The first-order chi connectivity index (χ1) is 15.2. The lowest BCUT2D eigenvalue weighted by atomic mass is 9.87. The zero-order chi connectivity index (χ0) is 22.9. The molecule has 4 rings (SSSR count). The Morgan fingerprint density at radius 2 is 1.66 bits per heavy atom. The maximum atomic E-state index is 13.0. The number of nitrogens with one attached hydrogen (secondary N) is 1. The highest BCUT2D eigenvalue weighted by Gasteiger charge is 2.23. The first-order valence-corrected chi connectivity index (χ1v) is 11.2. The van der Waals surface area contributed by atoms with E-state index in [0.717, 1.165) is 16.8 Å². The van der Waals surface area contributed by atoms with Crippen LogP contribution in [0, 0.1) is 0 Å². The summed E-state index contributed by atoms with van der Waals surface area (Å²) in [6, 6.07) is 15.9. The molecule has 164 valence electrons. The molecule has 1 amide bonds. The molecule has 0 aliphatic carbocycles. The number of benzene rings is 2. The van der Waals surface area contributed by atoms with Crippen LogP contribution in [0.2, 0.25) is 0 Å². The van der Waals surface area contributed by atoms with Crippen molar-refractivity contribution in [1.82, 2.24) is 9.97 Å². The second-order valence-corrected chi connectivity index (χ2v) is 9.65. The standard InChI is InChI=1S/C25H26N4O2S/c1-25(2,3)18-10-6-17(7-11-18)23-27-20(22(30)28-24-26-14-15-32-24)21(31-23)16-8-12-19(13-9-16)29(4)5/h6-15H,1-5H3,(H,26,28,30). The predicted octanol–water partition coefficient (Wildman–Crippen LogP) is 6.08. The summed E-state index contributed by atoms with van der Waals surface area (Å²) < 4.78 is 6.15. The van der Waals surface area contributed by atoms with Crippen LogP contribution in [-0.4, -0.2) is 30.0 Å². The highest BCUT2D eigenvalue weighted by atomic mass is 32.1. The van der Waals surface area contributed by atoms with Crippen molar-refractivity contribution in [3.63, 3.8) is 0 Å². The van der Waals surface area contributed by atoms with Gasteiger partial charge in [-0.1, -0.05) is 32.9 Å². The second kappa shape index (κ2) is 8.59. The van der Waals surface area contributed by atoms with Gasteiger partial charge in [0.1, 0.15) is 0 Å². The first kappa shape index (κ1) is 21.8. The lowest BCUT2D eigenvalue weighted by molar-refractivity contribution is 0.102. The van der Waals surface area contributed by atoms with Crippen LogP contribution in [-0.2, 0) is 5.41 Å². The normalized spacial score (nSPS) is 11.4. The Morgan fingerprint density at radius 3 is 2.22 bits per heavy atom. The van der Waals surface area contributed by atoms with Crippen LogP contribution in [0.25, 0.3) is 22.8 Å². The van der Waals surface area contributed by atoms with E-state index in [9.17, 15) is 4.79 Å². The molecule has 0 aliphatic heterocycles. The molecule has 6 nitrogen and oxygen atoms in total. The maximum absolute atomic E-state index is 13.0. The molecule has 32 heavy (non-hydrogen) atoms. The average molecular weight is 447 g/mol. The molecule has 2 aromatic heterocycles. The number of carbonyl (C=O) groups excluding carboxylic acids is 1. The van der Waals surface area contributed by atoms with E-state index in [0.29, 0.717) is 16.8 Å².